The van der Waals surface area contributed by atoms with Gasteiger partial charge in [0.15, 0.2) is 4.34 Å². The number of carbonyl (C=O) groups is 1. The Morgan fingerprint density at radius 1 is 1.71 bits per heavy atom. The molecule has 0 saturated carbocycles. The van der Waals surface area contributed by atoms with Gasteiger partial charge in [-0.2, -0.15) is 0 Å². The highest BCUT2D eigenvalue weighted by atomic mass is 32.2. The Kier molecular flexibility index (Phi) is 4.52. The lowest BCUT2D eigenvalue weighted by Gasteiger charge is -2.06. The van der Waals surface area contributed by atoms with Crippen molar-refractivity contribution in [3.63, 3.8) is 0 Å². The number of anilines is 1. The maximum atomic E-state index is 11.7. The molecule has 1 saturated heterocycles. The largest absolute Gasteiger partial charge is 0.368 e. The summed E-state index contributed by atoms with van der Waals surface area (Å²) >= 11 is 2.91. The second-order valence-electron chi connectivity index (χ2n) is 3.46. The van der Waals surface area contributed by atoms with Crippen LogP contribution in [-0.2, 0) is 9.53 Å². The second-order valence-corrected chi connectivity index (χ2v) is 5.71. The summed E-state index contributed by atoms with van der Waals surface area (Å²) in [6, 6.07) is 0. The van der Waals surface area contributed by atoms with Crippen LogP contribution < -0.4 is 5.32 Å². The molecule has 17 heavy (non-hydrogen) atoms. The van der Waals surface area contributed by atoms with Gasteiger partial charge < -0.3 is 4.74 Å². The van der Waals surface area contributed by atoms with Crippen LogP contribution in [0.4, 0.5) is 5.13 Å². The fraction of sp³-hybridized carbons (Fsp3) is 0.500. The van der Waals surface area contributed by atoms with E-state index in [0.717, 1.165) is 22.9 Å². The summed E-state index contributed by atoms with van der Waals surface area (Å²) in [5.74, 6) is 0.660. The van der Waals surface area contributed by atoms with Crippen LogP contribution in [0.5, 0.6) is 0 Å². The van der Waals surface area contributed by atoms with Crippen LogP contribution in [0.3, 0.4) is 0 Å². The maximum absolute atomic E-state index is 11.7. The van der Waals surface area contributed by atoms with Crippen molar-refractivity contribution in [1.29, 1.82) is 0 Å². The van der Waals surface area contributed by atoms with E-state index in [0.29, 0.717) is 11.7 Å². The molecule has 0 aliphatic carbocycles. The quantitative estimate of drug-likeness (QED) is 0.503. The van der Waals surface area contributed by atoms with E-state index in [-0.39, 0.29) is 12.0 Å². The van der Waals surface area contributed by atoms with Gasteiger partial charge in [-0.15, -0.1) is 16.8 Å². The van der Waals surface area contributed by atoms with Crippen molar-refractivity contribution in [2.24, 2.45) is 0 Å². The minimum Gasteiger partial charge on any atom is -0.368 e. The molecule has 0 spiro atoms. The predicted molar refractivity (Wildman–Crippen MR) is 68.4 cm³/mol. The first-order valence-electron chi connectivity index (χ1n) is 5.29. The van der Waals surface area contributed by atoms with Gasteiger partial charge in [-0.3, -0.25) is 10.1 Å². The highest BCUT2D eigenvalue weighted by Gasteiger charge is 2.24. The number of hydrogen-bond acceptors (Lipinski definition) is 6. The Hall–Kier alpha value is -0.920. The minimum atomic E-state index is -0.330. The Labute approximate surface area is 108 Å². The van der Waals surface area contributed by atoms with Gasteiger partial charge in [0.1, 0.15) is 6.10 Å². The lowest BCUT2D eigenvalue weighted by molar-refractivity contribution is -0.124. The molecule has 0 bridgehead atoms. The highest BCUT2D eigenvalue weighted by molar-refractivity contribution is 8.01. The van der Waals surface area contributed by atoms with Crippen molar-refractivity contribution in [1.82, 2.24) is 10.2 Å². The first kappa shape index (κ1) is 12.5. The van der Waals surface area contributed by atoms with Gasteiger partial charge in [0.05, 0.1) is 0 Å². The van der Waals surface area contributed by atoms with Gasteiger partial charge in [0, 0.05) is 12.4 Å². The number of thioether (sulfide) groups is 1. The standard InChI is InChI=1S/C10H13N3O2S2/c1-2-6-16-10-13-12-9(17-10)11-8(14)7-4-3-5-15-7/h2,7H,1,3-6H2,(H,11,12,14)/t7-/m0/s1. The van der Waals surface area contributed by atoms with E-state index in [4.69, 9.17) is 4.74 Å². The molecule has 1 aliphatic heterocycles. The first-order chi connectivity index (χ1) is 8.29. The van der Waals surface area contributed by atoms with E-state index in [9.17, 15) is 4.79 Å². The molecule has 0 unspecified atom stereocenters. The third-order valence-electron chi connectivity index (χ3n) is 2.18. The van der Waals surface area contributed by atoms with E-state index in [1.165, 1.54) is 11.3 Å². The number of nitrogens with zero attached hydrogens (tertiary/aromatic N) is 2. The van der Waals surface area contributed by atoms with E-state index in [1.807, 2.05) is 0 Å². The number of amides is 1. The highest BCUT2D eigenvalue weighted by Crippen LogP contribution is 2.25. The van der Waals surface area contributed by atoms with Gasteiger partial charge in [-0.05, 0) is 12.8 Å². The van der Waals surface area contributed by atoms with E-state index in [1.54, 1.807) is 17.8 Å². The monoisotopic (exact) mass is 271 g/mol. The summed E-state index contributed by atoms with van der Waals surface area (Å²) in [6.45, 7) is 4.29. The zero-order valence-corrected chi connectivity index (χ0v) is 10.9. The van der Waals surface area contributed by atoms with E-state index < -0.39 is 0 Å². The molecule has 1 fully saturated rings. The van der Waals surface area contributed by atoms with Crippen molar-refractivity contribution in [2.45, 2.75) is 23.3 Å². The number of rotatable bonds is 5. The van der Waals surface area contributed by atoms with Crippen molar-refractivity contribution in [3.05, 3.63) is 12.7 Å². The number of hydrogen-bond donors (Lipinski definition) is 1. The molecular formula is C10H13N3O2S2. The van der Waals surface area contributed by atoms with Gasteiger partial charge >= 0.3 is 0 Å². The Morgan fingerprint density at radius 2 is 2.59 bits per heavy atom. The topological polar surface area (TPSA) is 64.1 Å². The molecule has 5 nitrogen and oxygen atoms in total. The number of ether oxygens (including phenoxy) is 1. The normalized spacial score (nSPS) is 19.2. The fourth-order valence-corrected chi connectivity index (χ4v) is 2.94. The van der Waals surface area contributed by atoms with Gasteiger partial charge in [0.25, 0.3) is 5.91 Å². The average molecular weight is 271 g/mol. The number of nitrogens with one attached hydrogen (secondary N) is 1. The third-order valence-corrected chi connectivity index (χ3v) is 4.15. The summed E-state index contributed by atoms with van der Waals surface area (Å²) in [7, 11) is 0. The summed E-state index contributed by atoms with van der Waals surface area (Å²) in [4.78, 5) is 11.7. The van der Waals surface area contributed by atoms with Crippen LogP contribution >= 0.6 is 23.1 Å². The Morgan fingerprint density at radius 3 is 3.29 bits per heavy atom. The third kappa shape index (κ3) is 3.52. The molecule has 7 heteroatoms. The van der Waals surface area contributed by atoms with Crippen LogP contribution in [0.25, 0.3) is 0 Å². The van der Waals surface area contributed by atoms with E-state index >= 15 is 0 Å². The van der Waals surface area contributed by atoms with Crippen LogP contribution in [-0.4, -0.2) is 34.6 Å². The molecule has 1 aromatic rings. The smallest absolute Gasteiger partial charge is 0.255 e. The molecular weight excluding hydrogens is 258 g/mol. The summed E-state index contributed by atoms with van der Waals surface area (Å²) in [5, 5.41) is 11.1. The van der Waals surface area contributed by atoms with Crippen LogP contribution in [0.1, 0.15) is 12.8 Å². The van der Waals surface area contributed by atoms with E-state index in [2.05, 4.69) is 22.1 Å². The van der Waals surface area contributed by atoms with Gasteiger partial charge in [0.2, 0.25) is 5.13 Å². The van der Waals surface area contributed by atoms with Crippen LogP contribution in [0, 0.1) is 0 Å². The summed E-state index contributed by atoms with van der Waals surface area (Å²) in [5.41, 5.74) is 0. The molecule has 92 valence electrons. The van der Waals surface area contributed by atoms with Crippen molar-refractivity contribution >= 4 is 34.1 Å². The number of aromatic nitrogens is 2. The molecule has 1 atom stereocenters. The molecule has 1 aliphatic rings. The van der Waals surface area contributed by atoms with Crippen LogP contribution in [0.2, 0.25) is 0 Å². The molecule has 1 amide bonds. The zero-order chi connectivity index (χ0) is 12.1. The predicted octanol–water partition coefficient (Wildman–Crippen LogP) is 1.93. The second kappa shape index (κ2) is 6.13. The van der Waals surface area contributed by atoms with Crippen molar-refractivity contribution in [3.8, 4) is 0 Å². The molecule has 1 N–H and O–H groups in total. The first-order valence-corrected chi connectivity index (χ1v) is 7.09. The molecule has 2 heterocycles. The summed E-state index contributed by atoms with van der Waals surface area (Å²) < 4.78 is 6.11. The fourth-order valence-electron chi connectivity index (χ4n) is 1.42. The molecule has 0 radical (unpaired) electrons. The average Bonchev–Trinajstić information content (AvgIpc) is 2.97. The zero-order valence-electron chi connectivity index (χ0n) is 9.22. The molecule has 0 aromatic carbocycles. The molecule has 1 aromatic heterocycles. The minimum absolute atomic E-state index is 0.126. The van der Waals surface area contributed by atoms with Gasteiger partial charge in [-0.25, -0.2) is 0 Å². The maximum Gasteiger partial charge on any atom is 0.255 e. The number of carbonyl (C=O) groups excluding carboxylic acids is 1. The molecule has 2 rings (SSSR count). The van der Waals surface area contributed by atoms with Crippen LogP contribution in [0.15, 0.2) is 17.0 Å². The van der Waals surface area contributed by atoms with Crippen molar-refractivity contribution < 1.29 is 9.53 Å². The van der Waals surface area contributed by atoms with Crippen molar-refractivity contribution in [2.75, 3.05) is 17.7 Å². The SMILES string of the molecule is C=CCSc1nnc(NC(=O)[C@@H]2CCCO2)s1. The Bertz CT molecular complexity index is 402. The van der Waals surface area contributed by atoms with Gasteiger partial charge in [-0.1, -0.05) is 29.2 Å². The lowest BCUT2D eigenvalue weighted by Crippen LogP contribution is -2.26. The summed E-state index contributed by atoms with van der Waals surface area (Å²) in [6.07, 6.45) is 3.19. The Balaban J connectivity index is 1.87. The lowest BCUT2D eigenvalue weighted by atomic mass is 10.2.